The van der Waals surface area contributed by atoms with Crippen LogP contribution in [0.15, 0.2) is 120 Å². The number of rotatable bonds is 20. The largest absolute Gasteiger partial charge is 0.459 e. The molecule has 1 heterocycles. The summed E-state index contributed by atoms with van der Waals surface area (Å²) in [5, 5.41) is 27.2. The molecule has 0 bridgehead atoms. The van der Waals surface area contributed by atoms with Crippen molar-refractivity contribution in [3.8, 4) is 17.2 Å². The van der Waals surface area contributed by atoms with Crippen molar-refractivity contribution >= 4 is 22.4 Å². The highest BCUT2D eigenvalue weighted by Gasteiger charge is 2.65. The highest BCUT2D eigenvalue weighted by Crippen LogP contribution is 2.62. The Morgan fingerprint density at radius 1 is 0.887 bits per heavy atom. The summed E-state index contributed by atoms with van der Waals surface area (Å²) in [5.41, 5.74) is 3.86. The zero-order valence-electron chi connectivity index (χ0n) is 36.3. The van der Waals surface area contributed by atoms with Crippen molar-refractivity contribution < 1.29 is 34.1 Å². The molecule has 4 aliphatic rings. The normalized spacial score (nSPS) is 24.8. The van der Waals surface area contributed by atoms with Gasteiger partial charge >= 0.3 is 0 Å². The Bertz CT molecular complexity index is 2200. The second-order valence-corrected chi connectivity index (χ2v) is 17.8. The molecule has 0 aromatic heterocycles. The number of ether oxygens (including phenoxy) is 3. The number of nitrogens with zero attached hydrogens (tertiary/aromatic N) is 2. The van der Waals surface area contributed by atoms with Gasteiger partial charge in [0, 0.05) is 44.6 Å². The van der Waals surface area contributed by atoms with E-state index in [2.05, 4.69) is 43.0 Å². The minimum atomic E-state index is -1.28. The van der Waals surface area contributed by atoms with E-state index in [-0.39, 0.29) is 49.4 Å². The van der Waals surface area contributed by atoms with Crippen molar-refractivity contribution in [3.05, 3.63) is 126 Å². The smallest absolute Gasteiger partial charge is 0.239 e. The summed E-state index contributed by atoms with van der Waals surface area (Å²) >= 11 is 0. The summed E-state index contributed by atoms with van der Waals surface area (Å²) in [5.74, 6) is 1.28. The first-order valence-electron chi connectivity index (χ1n) is 23.1. The number of carbonyl (C=O) groups is 1. The number of aliphatic hydroxyl groups excluding tert-OH is 2. The van der Waals surface area contributed by atoms with E-state index in [9.17, 15) is 15.0 Å². The lowest BCUT2D eigenvalue weighted by atomic mass is 9.55. The van der Waals surface area contributed by atoms with Gasteiger partial charge in [0.15, 0.2) is 0 Å². The maximum absolute atomic E-state index is 14.5. The van der Waals surface area contributed by atoms with Crippen LogP contribution in [-0.2, 0) is 21.0 Å². The predicted molar refractivity (Wildman–Crippen MR) is 244 cm³/mol. The average Bonchev–Trinajstić information content (AvgIpc) is 3.83. The van der Waals surface area contributed by atoms with Gasteiger partial charge in [-0.3, -0.25) is 4.79 Å². The maximum atomic E-state index is 14.5. The third-order valence-electron chi connectivity index (χ3n) is 14.0. The number of oxime groups is 1. The van der Waals surface area contributed by atoms with Gasteiger partial charge in [-0.1, -0.05) is 116 Å². The monoisotopic (exact) mass is 840 g/mol. The number of benzene rings is 4. The topological polar surface area (TPSA) is 110 Å². The van der Waals surface area contributed by atoms with Gasteiger partial charge in [-0.2, -0.15) is 0 Å². The molecule has 9 nitrogen and oxygen atoms in total. The Balaban J connectivity index is 1.26. The summed E-state index contributed by atoms with van der Waals surface area (Å²) in [6.45, 7) is 4.86. The first-order chi connectivity index (χ1) is 30.4. The predicted octanol–water partition coefficient (Wildman–Crippen LogP) is 10.9. The summed E-state index contributed by atoms with van der Waals surface area (Å²) in [6.07, 6.45) is 15.6. The van der Waals surface area contributed by atoms with Crippen LogP contribution >= 0.6 is 0 Å². The molecule has 4 aromatic carbocycles. The lowest BCUT2D eigenvalue weighted by Gasteiger charge is -2.59. The highest BCUT2D eigenvalue weighted by molar-refractivity contribution is 6.03. The van der Waals surface area contributed by atoms with Crippen molar-refractivity contribution in [1.29, 1.82) is 0 Å². The Labute approximate surface area is 367 Å². The van der Waals surface area contributed by atoms with E-state index in [1.165, 1.54) is 25.7 Å². The third kappa shape index (κ3) is 9.51. The number of amides is 1. The van der Waals surface area contributed by atoms with Gasteiger partial charge in [0.05, 0.1) is 18.2 Å². The Morgan fingerprint density at radius 2 is 1.61 bits per heavy atom. The summed E-state index contributed by atoms with van der Waals surface area (Å²) in [7, 11) is 1.91. The van der Waals surface area contributed by atoms with Crippen LogP contribution in [-0.4, -0.2) is 65.4 Å². The molecule has 6 atom stereocenters. The molecular weight excluding hydrogens is 777 g/mol. The third-order valence-corrected chi connectivity index (χ3v) is 14.0. The molecule has 62 heavy (non-hydrogen) atoms. The Kier molecular flexibility index (Phi) is 14.4. The summed E-state index contributed by atoms with van der Waals surface area (Å²) in [4.78, 5) is 22.6. The molecule has 2 saturated carbocycles. The summed E-state index contributed by atoms with van der Waals surface area (Å²) < 4.78 is 21.1. The van der Waals surface area contributed by atoms with Crippen LogP contribution in [0.4, 0.5) is 0 Å². The standard InChI is InChI=1S/C53H64N2O7/c1-3-31-59-53-49(55(2)50(58)28-23-37-15-7-8-16-37)35-47(54-60-36-38-17-5-4-6-18-38)45-33-41(21-11-13-29-56)44(22-12-14-30-57)51(52(45)53)46-34-43(26-27-48(46)62-53)61-42-25-24-39-19-9-10-20-40(39)32-42/h3-6,9-10,17-20,24-27,32-34,37,41,44,49,51-52,56-57H,1,7-8,11-16,21-23,28-31,35-36H2,2H3/t41-,44+,49-,51+,52+,53+/m0/s1. The number of carbonyl (C=O) groups excluding carboxylic acids is 1. The van der Waals surface area contributed by atoms with Crippen molar-refractivity contribution in [2.45, 2.75) is 108 Å². The molecule has 0 radical (unpaired) electrons. The first-order valence-corrected chi connectivity index (χ1v) is 23.1. The fourth-order valence-corrected chi connectivity index (χ4v) is 10.9. The van der Waals surface area contributed by atoms with E-state index in [0.29, 0.717) is 49.7 Å². The highest BCUT2D eigenvalue weighted by atomic mass is 16.7. The zero-order chi connectivity index (χ0) is 42.9. The molecule has 4 aromatic rings. The van der Waals surface area contributed by atoms with Gasteiger partial charge in [0.1, 0.15) is 29.9 Å². The van der Waals surface area contributed by atoms with Gasteiger partial charge in [-0.05, 0) is 102 Å². The molecular formula is C53H64N2O7. The number of hydrogen-bond donors (Lipinski definition) is 2. The van der Waals surface area contributed by atoms with Gasteiger partial charge < -0.3 is 34.2 Å². The second kappa shape index (κ2) is 20.5. The number of hydrogen-bond acceptors (Lipinski definition) is 8. The fraction of sp³-hybridized carbons (Fsp3) is 0.472. The van der Waals surface area contributed by atoms with E-state index in [0.717, 1.165) is 71.0 Å². The fourth-order valence-electron chi connectivity index (χ4n) is 10.9. The van der Waals surface area contributed by atoms with Crippen molar-refractivity contribution in [3.63, 3.8) is 0 Å². The SMILES string of the molecule is C=CCO[C@@]12Oc3ccc(Oc4ccc5ccccc5c4)cc3[C@H]3[C@H](CCCCO)[C@@H](CCCCO)C=C(C(=NOCc4ccccc4)C[C@@H]1N(C)C(=O)CCC1CCCC1)[C@H]32. The molecule has 0 unspecified atom stereocenters. The van der Waals surface area contributed by atoms with Crippen LogP contribution in [0.5, 0.6) is 17.2 Å². The van der Waals surface area contributed by atoms with E-state index in [4.69, 9.17) is 24.2 Å². The van der Waals surface area contributed by atoms with E-state index in [1.807, 2.05) is 72.6 Å². The van der Waals surface area contributed by atoms with Crippen molar-refractivity contribution in [2.75, 3.05) is 26.9 Å². The van der Waals surface area contributed by atoms with Gasteiger partial charge in [0.2, 0.25) is 11.7 Å². The van der Waals surface area contributed by atoms with Crippen molar-refractivity contribution in [2.24, 2.45) is 28.8 Å². The molecule has 1 aliphatic heterocycles. The Hall–Kier alpha value is -4.96. The van der Waals surface area contributed by atoms with E-state index < -0.39 is 11.8 Å². The van der Waals surface area contributed by atoms with Crippen LogP contribution in [0.25, 0.3) is 10.8 Å². The van der Waals surface area contributed by atoms with Crippen LogP contribution in [0.3, 0.4) is 0 Å². The molecule has 1 amide bonds. The quantitative estimate of drug-likeness (QED) is 0.0518. The van der Waals surface area contributed by atoms with Crippen LogP contribution in [0.2, 0.25) is 0 Å². The van der Waals surface area contributed by atoms with Crippen LogP contribution in [0, 0.1) is 23.7 Å². The van der Waals surface area contributed by atoms with Crippen LogP contribution < -0.4 is 9.47 Å². The minimum absolute atomic E-state index is 0.0720. The number of allylic oxidation sites excluding steroid dienone is 1. The van der Waals surface area contributed by atoms with Gasteiger partial charge in [-0.25, -0.2) is 0 Å². The van der Waals surface area contributed by atoms with E-state index >= 15 is 0 Å². The molecule has 3 aliphatic carbocycles. The summed E-state index contributed by atoms with van der Waals surface area (Å²) in [6, 6.07) is 30.0. The molecule has 8 rings (SSSR count). The van der Waals surface area contributed by atoms with E-state index in [1.54, 1.807) is 6.08 Å². The zero-order valence-corrected chi connectivity index (χ0v) is 36.3. The number of aliphatic hydroxyl groups is 2. The first kappa shape index (κ1) is 43.7. The lowest BCUT2D eigenvalue weighted by molar-refractivity contribution is -0.255. The number of fused-ring (bicyclic) bond motifs is 3. The van der Waals surface area contributed by atoms with Crippen LogP contribution in [0.1, 0.15) is 101 Å². The van der Waals surface area contributed by atoms with Gasteiger partial charge in [-0.15, -0.1) is 6.58 Å². The lowest BCUT2D eigenvalue weighted by Crippen LogP contribution is -2.69. The Morgan fingerprint density at radius 3 is 2.39 bits per heavy atom. The molecule has 328 valence electrons. The molecule has 9 heteroatoms. The number of unbranched alkanes of at least 4 members (excludes halogenated alkanes) is 2. The second-order valence-electron chi connectivity index (χ2n) is 17.8. The molecule has 2 N–H and O–H groups in total. The average molecular weight is 841 g/mol. The number of likely N-dealkylation sites (N-methyl/N-ethyl adjacent to an activating group) is 1. The van der Waals surface area contributed by atoms with Crippen molar-refractivity contribution in [1.82, 2.24) is 4.90 Å². The molecule has 0 saturated heterocycles. The maximum Gasteiger partial charge on any atom is 0.239 e. The molecule has 0 spiro atoms. The minimum Gasteiger partial charge on any atom is -0.459 e. The van der Waals surface area contributed by atoms with Gasteiger partial charge in [0.25, 0.3) is 0 Å². The molecule has 2 fully saturated rings.